The third kappa shape index (κ3) is 5.08. The average molecular weight is 401 g/mol. The average Bonchev–Trinajstić information content (AvgIpc) is 3.08. The number of amides is 1. The molecule has 1 N–H and O–H groups in total. The molecule has 5 nitrogen and oxygen atoms in total. The molecule has 0 fully saturated rings. The molecule has 3 rings (SSSR count). The van der Waals surface area contributed by atoms with Gasteiger partial charge < -0.3 is 10.1 Å². The van der Waals surface area contributed by atoms with Crippen molar-refractivity contribution in [2.75, 3.05) is 11.9 Å². The van der Waals surface area contributed by atoms with E-state index in [-0.39, 0.29) is 23.5 Å². The third-order valence-electron chi connectivity index (χ3n) is 3.86. The van der Waals surface area contributed by atoms with Gasteiger partial charge in [-0.25, -0.2) is 4.98 Å². The number of hydrogen-bond acceptors (Lipinski definition) is 6. The highest BCUT2D eigenvalue weighted by molar-refractivity contribution is 8.02. The summed E-state index contributed by atoms with van der Waals surface area (Å²) in [7, 11) is 0. The van der Waals surface area contributed by atoms with Gasteiger partial charge in [0, 0.05) is 16.5 Å². The molecule has 0 spiro atoms. The Labute approximate surface area is 166 Å². The van der Waals surface area contributed by atoms with Crippen molar-refractivity contribution in [2.45, 2.75) is 29.9 Å². The maximum Gasteiger partial charge on any atom is 0.311 e. The Morgan fingerprint density at radius 2 is 2.00 bits per heavy atom. The van der Waals surface area contributed by atoms with Crippen molar-refractivity contribution in [3.63, 3.8) is 0 Å². The van der Waals surface area contributed by atoms with Crippen LogP contribution in [0, 0.1) is 0 Å². The van der Waals surface area contributed by atoms with Gasteiger partial charge in [-0.3, -0.25) is 9.59 Å². The van der Waals surface area contributed by atoms with E-state index >= 15 is 0 Å². The molecule has 1 amide bonds. The van der Waals surface area contributed by atoms with Gasteiger partial charge in [0.15, 0.2) is 4.34 Å². The summed E-state index contributed by atoms with van der Waals surface area (Å²) < 4.78 is 5.69. The minimum atomic E-state index is -0.314. The fourth-order valence-corrected chi connectivity index (χ4v) is 4.54. The first-order valence-electron chi connectivity index (χ1n) is 8.62. The van der Waals surface area contributed by atoms with Crippen LogP contribution in [0.2, 0.25) is 0 Å². The van der Waals surface area contributed by atoms with Gasteiger partial charge in [0.05, 0.1) is 24.0 Å². The lowest BCUT2D eigenvalue weighted by molar-refractivity contribution is -0.142. The molecule has 1 aromatic heterocycles. The zero-order chi connectivity index (χ0) is 19.2. The van der Waals surface area contributed by atoms with E-state index < -0.39 is 0 Å². The van der Waals surface area contributed by atoms with Crippen LogP contribution < -0.4 is 5.32 Å². The molecule has 1 atom stereocenters. The Hall–Kier alpha value is -2.38. The summed E-state index contributed by atoms with van der Waals surface area (Å²) >= 11 is 2.81. The van der Waals surface area contributed by atoms with E-state index in [0.717, 1.165) is 20.8 Å². The Kier molecular flexibility index (Phi) is 6.47. The van der Waals surface area contributed by atoms with Crippen molar-refractivity contribution >= 4 is 51.4 Å². The number of esters is 1. The molecule has 1 heterocycles. The molecular formula is C20H20N2O3S2. The molecular weight excluding hydrogens is 380 g/mol. The van der Waals surface area contributed by atoms with Gasteiger partial charge in [-0.1, -0.05) is 48.2 Å². The van der Waals surface area contributed by atoms with Crippen LogP contribution in [0.25, 0.3) is 10.8 Å². The summed E-state index contributed by atoms with van der Waals surface area (Å²) in [6.07, 6.45) is 0.154. The van der Waals surface area contributed by atoms with Gasteiger partial charge >= 0.3 is 5.97 Å². The van der Waals surface area contributed by atoms with Gasteiger partial charge in [0.2, 0.25) is 5.91 Å². The molecule has 0 saturated carbocycles. The van der Waals surface area contributed by atoms with Crippen molar-refractivity contribution in [2.24, 2.45) is 0 Å². The molecule has 3 aromatic rings. The number of hydrogen-bond donors (Lipinski definition) is 1. The first-order valence-corrected chi connectivity index (χ1v) is 10.4. The van der Waals surface area contributed by atoms with Crippen molar-refractivity contribution in [1.29, 1.82) is 0 Å². The van der Waals surface area contributed by atoms with Crippen molar-refractivity contribution in [3.05, 3.63) is 53.5 Å². The second-order valence-electron chi connectivity index (χ2n) is 5.86. The van der Waals surface area contributed by atoms with E-state index in [1.165, 1.54) is 23.1 Å². The summed E-state index contributed by atoms with van der Waals surface area (Å²) in [5.41, 5.74) is 1.47. The van der Waals surface area contributed by atoms with E-state index in [4.69, 9.17) is 4.74 Å². The molecule has 0 bridgehead atoms. The number of thiazole rings is 1. The molecule has 0 aliphatic rings. The van der Waals surface area contributed by atoms with Crippen molar-refractivity contribution in [1.82, 2.24) is 4.98 Å². The Morgan fingerprint density at radius 1 is 1.22 bits per heavy atom. The van der Waals surface area contributed by atoms with Gasteiger partial charge in [0.25, 0.3) is 0 Å². The van der Waals surface area contributed by atoms with Crippen LogP contribution in [-0.4, -0.2) is 28.7 Å². The smallest absolute Gasteiger partial charge is 0.311 e. The van der Waals surface area contributed by atoms with Crippen LogP contribution in [0.15, 0.2) is 52.2 Å². The van der Waals surface area contributed by atoms with Gasteiger partial charge in [-0.05, 0) is 25.3 Å². The first-order chi connectivity index (χ1) is 13.1. The molecule has 0 radical (unpaired) electrons. The monoisotopic (exact) mass is 400 g/mol. The largest absolute Gasteiger partial charge is 0.466 e. The Bertz CT molecular complexity index is 950. The standard InChI is InChI=1S/C20H20N2O3S2/c1-3-25-18(23)11-15-12-26-20(21-15)27-13(2)19(24)22-17-10-6-8-14-7-4-5-9-16(14)17/h4-10,12-13H,3,11H2,1-2H3,(H,22,24)/t13-/m1/s1. The van der Waals surface area contributed by atoms with Gasteiger partial charge in [0.1, 0.15) is 0 Å². The maximum atomic E-state index is 12.6. The lowest BCUT2D eigenvalue weighted by Gasteiger charge is -2.12. The number of nitrogens with zero attached hydrogens (tertiary/aromatic N) is 1. The van der Waals surface area contributed by atoms with Crippen LogP contribution in [0.1, 0.15) is 19.5 Å². The van der Waals surface area contributed by atoms with E-state index in [9.17, 15) is 9.59 Å². The summed E-state index contributed by atoms with van der Waals surface area (Å²) in [6.45, 7) is 3.98. The van der Waals surface area contributed by atoms with E-state index in [1.807, 2.05) is 54.8 Å². The second kappa shape index (κ2) is 9.01. The number of benzene rings is 2. The van der Waals surface area contributed by atoms with Crippen molar-refractivity contribution in [3.8, 4) is 0 Å². The fraction of sp³-hybridized carbons (Fsp3) is 0.250. The van der Waals surface area contributed by atoms with Gasteiger partial charge in [-0.2, -0.15) is 0 Å². The Balaban J connectivity index is 1.62. The molecule has 0 aliphatic heterocycles. The number of thioether (sulfide) groups is 1. The SMILES string of the molecule is CCOC(=O)Cc1csc(S[C@H](C)C(=O)Nc2cccc3ccccc23)n1. The number of nitrogens with one attached hydrogen (secondary N) is 1. The number of anilines is 1. The zero-order valence-corrected chi connectivity index (χ0v) is 16.7. The number of carbonyl (C=O) groups excluding carboxylic acids is 2. The zero-order valence-electron chi connectivity index (χ0n) is 15.1. The van der Waals surface area contributed by atoms with Crippen molar-refractivity contribution < 1.29 is 14.3 Å². The summed E-state index contributed by atoms with van der Waals surface area (Å²) in [5.74, 6) is -0.375. The van der Waals surface area contributed by atoms with Crippen LogP contribution in [0.5, 0.6) is 0 Å². The highest BCUT2D eigenvalue weighted by Gasteiger charge is 2.18. The fourth-order valence-electron chi connectivity index (χ4n) is 2.56. The lowest BCUT2D eigenvalue weighted by atomic mass is 10.1. The Morgan fingerprint density at radius 3 is 2.81 bits per heavy atom. The van der Waals surface area contributed by atoms with E-state index in [0.29, 0.717) is 12.3 Å². The molecule has 7 heteroatoms. The number of fused-ring (bicyclic) bond motifs is 1. The predicted molar refractivity (Wildman–Crippen MR) is 110 cm³/mol. The van der Waals surface area contributed by atoms with E-state index in [2.05, 4.69) is 10.3 Å². The molecule has 0 unspecified atom stereocenters. The topological polar surface area (TPSA) is 68.3 Å². The number of rotatable bonds is 7. The molecule has 27 heavy (non-hydrogen) atoms. The van der Waals surface area contributed by atoms with Crippen LogP contribution >= 0.6 is 23.1 Å². The quantitative estimate of drug-likeness (QED) is 0.466. The normalized spacial score (nSPS) is 11.9. The maximum absolute atomic E-state index is 12.6. The minimum Gasteiger partial charge on any atom is -0.466 e. The first kappa shape index (κ1) is 19.4. The molecule has 2 aromatic carbocycles. The predicted octanol–water partition coefficient (Wildman–Crippen LogP) is 4.52. The van der Waals surface area contributed by atoms with E-state index in [1.54, 1.807) is 6.92 Å². The van der Waals surface area contributed by atoms with Gasteiger partial charge in [-0.15, -0.1) is 11.3 Å². The summed E-state index contributed by atoms with van der Waals surface area (Å²) in [5, 5.41) is 6.61. The lowest BCUT2D eigenvalue weighted by Crippen LogP contribution is -2.22. The highest BCUT2D eigenvalue weighted by atomic mass is 32.2. The molecule has 0 aliphatic carbocycles. The number of ether oxygens (including phenoxy) is 1. The second-order valence-corrected chi connectivity index (χ2v) is 8.31. The van der Waals surface area contributed by atoms with Crippen LogP contribution in [0.4, 0.5) is 5.69 Å². The third-order valence-corrected chi connectivity index (χ3v) is 5.98. The minimum absolute atomic E-state index is 0.0847. The summed E-state index contributed by atoms with van der Waals surface area (Å²) in [4.78, 5) is 28.5. The summed E-state index contributed by atoms with van der Waals surface area (Å²) in [6, 6.07) is 13.8. The number of aromatic nitrogens is 1. The van der Waals surface area contributed by atoms with Crippen LogP contribution in [-0.2, 0) is 20.7 Å². The number of carbonyl (C=O) groups is 2. The highest BCUT2D eigenvalue weighted by Crippen LogP contribution is 2.29. The molecule has 0 saturated heterocycles. The molecule has 140 valence electrons. The van der Waals surface area contributed by atoms with Crippen LogP contribution in [0.3, 0.4) is 0 Å².